The summed E-state index contributed by atoms with van der Waals surface area (Å²) in [5, 5.41) is 16.1. The summed E-state index contributed by atoms with van der Waals surface area (Å²) in [5.41, 5.74) is 3.23. The van der Waals surface area contributed by atoms with E-state index in [0.717, 1.165) is 0 Å². The summed E-state index contributed by atoms with van der Waals surface area (Å²) in [7, 11) is -0.776. The fourth-order valence-corrected chi connectivity index (χ4v) is 3.48. The quantitative estimate of drug-likeness (QED) is 0.232. The monoisotopic (exact) mass is 338 g/mol. The zero-order valence-corrected chi connectivity index (χ0v) is 13.6. The van der Waals surface area contributed by atoms with E-state index in [0.29, 0.717) is 12.0 Å². The van der Waals surface area contributed by atoms with E-state index in [-0.39, 0.29) is 0 Å². The summed E-state index contributed by atoms with van der Waals surface area (Å²) in [6, 6.07) is 20.3. The average molecular weight is 338 g/mol. The third-order valence-electron chi connectivity index (χ3n) is 2.54. The Balaban J connectivity index is 2.16. The van der Waals surface area contributed by atoms with Gasteiger partial charge in [0.1, 0.15) is 12.0 Å². The summed E-state index contributed by atoms with van der Waals surface area (Å²) in [4.78, 5) is 0. The second-order valence-corrected chi connectivity index (χ2v) is 6.38. The maximum absolute atomic E-state index is 7.92. The molecular formula is C18H11O3PS. The van der Waals surface area contributed by atoms with Crippen molar-refractivity contribution in [3.8, 4) is 34.6 Å². The Kier molecular flexibility index (Phi) is 7.82. The van der Waals surface area contributed by atoms with Crippen molar-refractivity contribution < 1.29 is 14.6 Å². The molecule has 0 aliphatic rings. The van der Waals surface area contributed by atoms with Crippen LogP contribution in [0.1, 0.15) is 0 Å². The van der Waals surface area contributed by atoms with Crippen molar-refractivity contribution >= 4 is 30.6 Å². The van der Waals surface area contributed by atoms with E-state index >= 15 is 0 Å². The Bertz CT molecular complexity index is 750. The molecule has 0 aliphatic heterocycles. The van der Waals surface area contributed by atoms with E-state index in [2.05, 4.69) is 68.2 Å². The highest BCUT2D eigenvalue weighted by molar-refractivity contribution is 7.99. The van der Waals surface area contributed by atoms with Gasteiger partial charge in [-0.3, -0.25) is 0 Å². The second-order valence-electron chi connectivity index (χ2n) is 3.95. The Morgan fingerprint density at radius 2 is 1.35 bits per heavy atom. The first-order valence-electron chi connectivity index (χ1n) is 6.46. The number of rotatable bonds is 4. The smallest absolute Gasteiger partial charge is 0.125 e. The second kappa shape index (κ2) is 10.5. The summed E-state index contributed by atoms with van der Waals surface area (Å²) in [6.45, 7) is 0. The first-order valence-corrected chi connectivity index (χ1v) is 8.55. The topological polar surface area (TPSA) is 38.7 Å². The van der Waals surface area contributed by atoms with E-state index in [9.17, 15) is 0 Å². The van der Waals surface area contributed by atoms with Crippen molar-refractivity contribution in [2.45, 2.75) is 0 Å². The first-order chi connectivity index (χ1) is 11.4. The van der Waals surface area contributed by atoms with Gasteiger partial charge in [-0.25, -0.2) is 5.26 Å². The van der Waals surface area contributed by atoms with Crippen LogP contribution < -0.4 is 10.6 Å². The Morgan fingerprint density at radius 3 is 1.91 bits per heavy atom. The van der Waals surface area contributed by atoms with Crippen molar-refractivity contribution in [3.05, 3.63) is 60.7 Å². The SMILES string of the molecule is OOOSC#CC#CC#CP(c1ccccc1)c1ccccc1. The van der Waals surface area contributed by atoms with Crippen LogP contribution >= 0.6 is 20.0 Å². The van der Waals surface area contributed by atoms with Gasteiger partial charge in [0.25, 0.3) is 0 Å². The van der Waals surface area contributed by atoms with E-state index in [1.54, 1.807) is 0 Å². The van der Waals surface area contributed by atoms with Crippen LogP contribution in [0.3, 0.4) is 0 Å². The molecule has 0 aliphatic carbocycles. The molecule has 2 aromatic rings. The molecule has 1 N–H and O–H groups in total. The molecule has 0 atom stereocenters. The molecule has 0 bridgehead atoms. The molecule has 0 heterocycles. The summed E-state index contributed by atoms with van der Waals surface area (Å²) in [5.74, 6) is 10.7. The Labute approximate surface area is 140 Å². The van der Waals surface area contributed by atoms with Gasteiger partial charge in [-0.05, 0) is 28.4 Å². The van der Waals surface area contributed by atoms with Crippen molar-refractivity contribution in [2.75, 3.05) is 0 Å². The van der Waals surface area contributed by atoms with Crippen molar-refractivity contribution in [1.82, 2.24) is 0 Å². The molecule has 0 spiro atoms. The maximum Gasteiger partial charge on any atom is 0.125 e. The lowest BCUT2D eigenvalue weighted by molar-refractivity contribution is -0.431. The van der Waals surface area contributed by atoms with Gasteiger partial charge in [-0.1, -0.05) is 71.4 Å². The molecule has 23 heavy (non-hydrogen) atoms. The number of hydrogen-bond donors (Lipinski definition) is 1. The van der Waals surface area contributed by atoms with Crippen LogP contribution in [0.2, 0.25) is 0 Å². The van der Waals surface area contributed by atoms with E-state index in [1.165, 1.54) is 10.6 Å². The fourth-order valence-electron chi connectivity index (χ4n) is 1.66. The molecule has 0 unspecified atom stereocenters. The summed E-state index contributed by atoms with van der Waals surface area (Å²) < 4.78 is 4.09. The molecule has 2 rings (SSSR count). The van der Waals surface area contributed by atoms with Gasteiger partial charge < -0.3 is 0 Å². The highest BCUT2D eigenvalue weighted by Gasteiger charge is 2.09. The van der Waals surface area contributed by atoms with Crippen LogP contribution in [0.4, 0.5) is 0 Å². The molecule has 0 radical (unpaired) electrons. The lowest BCUT2D eigenvalue weighted by atomic mass is 10.4. The molecule has 112 valence electrons. The van der Waals surface area contributed by atoms with Crippen LogP contribution in [0.5, 0.6) is 0 Å². The van der Waals surface area contributed by atoms with Crippen molar-refractivity contribution in [3.63, 3.8) is 0 Å². The maximum atomic E-state index is 7.92. The normalized spacial score (nSPS) is 8.96. The third-order valence-corrected chi connectivity index (χ3v) is 4.82. The van der Waals surface area contributed by atoms with Gasteiger partial charge in [-0.2, -0.15) is 0 Å². The lowest BCUT2D eigenvalue weighted by Gasteiger charge is -2.10. The lowest BCUT2D eigenvalue weighted by Crippen LogP contribution is -2.09. The predicted octanol–water partition coefficient (Wildman–Crippen LogP) is 3.11. The molecule has 0 saturated carbocycles. The van der Waals surface area contributed by atoms with E-state index in [4.69, 9.17) is 5.26 Å². The molecule has 5 heteroatoms. The molecular weight excluding hydrogens is 327 g/mol. The van der Waals surface area contributed by atoms with Gasteiger partial charge in [0.2, 0.25) is 0 Å². The Morgan fingerprint density at radius 1 is 0.783 bits per heavy atom. The molecule has 3 nitrogen and oxygen atoms in total. The minimum absolute atomic E-state index is 0.631. The van der Waals surface area contributed by atoms with Gasteiger partial charge in [0, 0.05) is 19.1 Å². The third kappa shape index (κ3) is 6.19. The minimum Gasteiger partial charge on any atom is -0.220 e. The van der Waals surface area contributed by atoms with Crippen LogP contribution in [-0.4, -0.2) is 5.26 Å². The first kappa shape index (κ1) is 17.1. The Hall–Kier alpha value is -2.22. The zero-order valence-electron chi connectivity index (χ0n) is 11.9. The largest absolute Gasteiger partial charge is 0.220 e. The molecule has 0 aromatic heterocycles. The van der Waals surface area contributed by atoms with Crippen LogP contribution in [-0.2, 0) is 9.37 Å². The van der Waals surface area contributed by atoms with Crippen LogP contribution in [0, 0.1) is 34.6 Å². The molecule has 0 amide bonds. The molecule has 0 saturated heterocycles. The van der Waals surface area contributed by atoms with Gasteiger partial charge >= 0.3 is 0 Å². The van der Waals surface area contributed by atoms with Gasteiger partial charge in [-0.15, -0.1) is 4.33 Å². The average Bonchev–Trinajstić information content (AvgIpc) is 2.62. The standard InChI is InChI=1S/C18H11O3PS/c19-20-21-23-16-10-2-1-9-15-22(17-11-5-3-6-12-17)18-13-7-4-8-14-18/h3-8,11-14,19H. The summed E-state index contributed by atoms with van der Waals surface area (Å²) >= 11 is 0.631. The molecule has 0 fully saturated rings. The van der Waals surface area contributed by atoms with Gasteiger partial charge in [0.05, 0.1) is 0 Å². The highest BCUT2D eigenvalue weighted by Crippen LogP contribution is 2.31. The minimum atomic E-state index is -0.776. The highest BCUT2D eigenvalue weighted by atomic mass is 32.2. The number of hydrogen-bond acceptors (Lipinski definition) is 4. The van der Waals surface area contributed by atoms with Gasteiger partial charge in [0.15, 0.2) is 0 Å². The summed E-state index contributed by atoms with van der Waals surface area (Å²) in [6.07, 6.45) is 0. The van der Waals surface area contributed by atoms with Crippen molar-refractivity contribution in [1.29, 1.82) is 0 Å². The number of benzene rings is 2. The fraction of sp³-hybridized carbons (Fsp3) is 0. The molecule has 2 aromatic carbocycles. The van der Waals surface area contributed by atoms with E-state index in [1.807, 2.05) is 36.4 Å². The van der Waals surface area contributed by atoms with Crippen molar-refractivity contribution in [2.24, 2.45) is 0 Å². The van der Waals surface area contributed by atoms with Crippen LogP contribution in [0.15, 0.2) is 60.7 Å². The van der Waals surface area contributed by atoms with Crippen LogP contribution in [0.25, 0.3) is 0 Å². The predicted molar refractivity (Wildman–Crippen MR) is 94.8 cm³/mol. The van der Waals surface area contributed by atoms with E-state index < -0.39 is 7.92 Å². The zero-order chi connectivity index (χ0) is 16.2.